The molecule has 3 aromatic carbocycles. The molecule has 47 heavy (non-hydrogen) atoms. The molecule has 0 bridgehead atoms. The molecule has 1 aliphatic rings. The number of aliphatic hydroxyl groups excluding tert-OH is 2. The van der Waals surface area contributed by atoms with Crippen molar-refractivity contribution in [3.8, 4) is 33.8 Å². The Morgan fingerprint density at radius 1 is 0.787 bits per heavy atom. The number of unbranched alkanes of at least 4 members (excludes halogenated alkanes) is 2. The van der Waals surface area contributed by atoms with Crippen molar-refractivity contribution in [2.75, 3.05) is 26.8 Å². The van der Waals surface area contributed by atoms with Gasteiger partial charge < -0.3 is 29.2 Å². The maximum absolute atomic E-state index is 12.0. The van der Waals surface area contributed by atoms with Crippen molar-refractivity contribution in [3.63, 3.8) is 0 Å². The zero-order valence-corrected chi connectivity index (χ0v) is 27.6. The van der Waals surface area contributed by atoms with E-state index in [4.69, 9.17) is 24.1 Å². The fourth-order valence-electron chi connectivity index (χ4n) is 5.87. The van der Waals surface area contributed by atoms with Gasteiger partial charge in [0.15, 0.2) is 11.5 Å². The number of carbonyl (C=O) groups is 2. The fourth-order valence-corrected chi connectivity index (χ4v) is 5.87. The minimum atomic E-state index is -0.784. The molecule has 0 aromatic heterocycles. The van der Waals surface area contributed by atoms with E-state index in [2.05, 4.69) is 49.9 Å². The van der Waals surface area contributed by atoms with E-state index < -0.39 is 38.0 Å². The second-order valence-corrected chi connectivity index (χ2v) is 12.3. The van der Waals surface area contributed by atoms with Gasteiger partial charge in [-0.3, -0.25) is 4.79 Å². The van der Waals surface area contributed by atoms with Crippen LogP contribution in [-0.2, 0) is 19.1 Å². The summed E-state index contributed by atoms with van der Waals surface area (Å²) >= 11 is 0. The number of esters is 2. The van der Waals surface area contributed by atoms with E-state index >= 15 is 0 Å². The van der Waals surface area contributed by atoms with Gasteiger partial charge in [0.05, 0.1) is 24.7 Å². The third-order valence-corrected chi connectivity index (χ3v) is 8.92. The van der Waals surface area contributed by atoms with E-state index in [1.807, 2.05) is 18.2 Å². The van der Waals surface area contributed by atoms with Crippen LogP contribution in [0.2, 0.25) is 0 Å². The van der Waals surface area contributed by atoms with E-state index in [1.54, 1.807) is 19.1 Å². The Bertz CT molecular complexity index is 1440. The first-order chi connectivity index (χ1) is 22.8. The molecule has 0 saturated heterocycles. The lowest BCUT2D eigenvalue weighted by Crippen LogP contribution is -2.20. The van der Waals surface area contributed by atoms with Gasteiger partial charge in [-0.05, 0) is 84.4 Å². The molecule has 8 heteroatoms. The molecule has 0 spiro atoms. The summed E-state index contributed by atoms with van der Waals surface area (Å²) in [5.41, 5.74) is 5.40. The van der Waals surface area contributed by atoms with Crippen LogP contribution in [0.4, 0.5) is 0 Å². The minimum Gasteiger partial charge on any atom is -0.453 e. The Balaban J connectivity index is 1.41. The van der Waals surface area contributed by atoms with E-state index in [-0.39, 0.29) is 23.7 Å². The van der Waals surface area contributed by atoms with Crippen molar-refractivity contribution in [1.82, 2.24) is 0 Å². The quantitative estimate of drug-likeness (QED) is 0.0663. The van der Waals surface area contributed by atoms with Crippen LogP contribution in [0.25, 0.3) is 22.3 Å². The summed E-state index contributed by atoms with van der Waals surface area (Å²) in [5.74, 6) is 0.0104. The van der Waals surface area contributed by atoms with Crippen molar-refractivity contribution < 1.29 is 38.7 Å². The molecule has 0 radical (unpaired) electrons. The van der Waals surface area contributed by atoms with E-state index in [1.165, 1.54) is 62.5 Å². The highest BCUT2D eigenvalue weighted by Crippen LogP contribution is 2.39. The van der Waals surface area contributed by atoms with Crippen LogP contribution in [0, 0.1) is 11.8 Å². The second kappa shape index (κ2) is 18.3. The molecule has 3 aromatic rings. The molecule has 1 unspecified atom stereocenters. The van der Waals surface area contributed by atoms with Crippen molar-refractivity contribution in [1.29, 1.82) is 0 Å². The Kier molecular flexibility index (Phi) is 13.9. The third kappa shape index (κ3) is 10.4. The molecule has 0 heterocycles. The van der Waals surface area contributed by atoms with Crippen LogP contribution in [-0.4, -0.2) is 49.0 Å². The van der Waals surface area contributed by atoms with E-state index in [0.29, 0.717) is 5.92 Å². The van der Waals surface area contributed by atoms with E-state index in [9.17, 15) is 14.7 Å². The Hall–Kier alpha value is -4.14. The van der Waals surface area contributed by atoms with Gasteiger partial charge in [0.25, 0.3) is 0 Å². The number of hydrogen-bond donors (Lipinski definition) is 2. The second-order valence-electron chi connectivity index (χ2n) is 12.3. The molecule has 1 fully saturated rings. The number of ether oxygens (including phenoxy) is 4. The summed E-state index contributed by atoms with van der Waals surface area (Å²) in [6.45, 7) is 5.54. The van der Waals surface area contributed by atoms with Gasteiger partial charge in [0.2, 0.25) is 13.6 Å². The van der Waals surface area contributed by atoms with Gasteiger partial charge in [0, 0.05) is 0 Å². The molecule has 4 rings (SSSR count). The summed E-state index contributed by atoms with van der Waals surface area (Å²) in [6, 6.07) is 22.5. The predicted molar refractivity (Wildman–Crippen MR) is 182 cm³/mol. The zero-order valence-electron chi connectivity index (χ0n) is 27.6. The maximum Gasteiger partial charge on any atom is 0.338 e. The monoisotopic (exact) mass is 644 g/mol. The fraction of sp³-hybridized carbons (Fsp3) is 0.436. The normalized spacial score (nSPS) is 16.6. The summed E-state index contributed by atoms with van der Waals surface area (Å²) in [5, 5.41) is 18.3. The number of carbonyl (C=O) groups excluding carboxylic acids is 2. The van der Waals surface area contributed by atoms with Gasteiger partial charge >= 0.3 is 11.9 Å². The molecule has 252 valence electrons. The molecule has 1 aliphatic carbocycles. The minimum absolute atomic E-state index is 0.0971. The first-order valence-corrected chi connectivity index (χ1v) is 16.7. The Morgan fingerprint density at radius 3 is 1.98 bits per heavy atom. The molecule has 1 atom stereocenters. The number of rotatable bonds is 17. The van der Waals surface area contributed by atoms with Gasteiger partial charge in [-0.15, -0.1) is 0 Å². The van der Waals surface area contributed by atoms with Gasteiger partial charge in [0.1, 0.15) is 0 Å². The summed E-state index contributed by atoms with van der Waals surface area (Å²) in [6.07, 6.45) is 10.7. The van der Waals surface area contributed by atoms with Gasteiger partial charge in [-0.2, -0.15) is 0 Å². The number of aliphatic hydroxyl groups is 2. The van der Waals surface area contributed by atoms with Gasteiger partial charge in [-0.1, -0.05) is 93.8 Å². The Morgan fingerprint density at radius 2 is 1.36 bits per heavy atom. The summed E-state index contributed by atoms with van der Waals surface area (Å²) < 4.78 is 21.4. The summed E-state index contributed by atoms with van der Waals surface area (Å²) in [4.78, 5) is 23.8. The highest BCUT2D eigenvalue weighted by atomic mass is 16.7. The van der Waals surface area contributed by atoms with Crippen molar-refractivity contribution in [3.05, 3.63) is 84.4 Å². The standard InChI is InChI=1S/C39H48O8/c1-4-5-6-7-29-8-10-30(11-9-29)31-12-14-32(15-13-31)33-16-18-34(19-17-33)35-20-21-36(44-25-46-38(42)27(2)23-40)37(22-35)45-26-47-39(43)28(3)24-41/h12-22,28-30,40-41H,2,4-11,23-26H2,1,3H3. The molecule has 0 aliphatic heterocycles. The van der Waals surface area contributed by atoms with Crippen LogP contribution in [0.5, 0.6) is 11.5 Å². The lowest BCUT2D eigenvalue weighted by atomic mass is 9.77. The Labute approximate surface area is 278 Å². The molecular formula is C39H48O8. The van der Waals surface area contributed by atoms with Crippen molar-refractivity contribution in [2.24, 2.45) is 11.8 Å². The van der Waals surface area contributed by atoms with Crippen LogP contribution in [0.3, 0.4) is 0 Å². The maximum atomic E-state index is 12.0. The van der Waals surface area contributed by atoms with Crippen molar-refractivity contribution >= 4 is 11.9 Å². The first-order valence-electron chi connectivity index (χ1n) is 16.7. The third-order valence-electron chi connectivity index (χ3n) is 8.92. The smallest absolute Gasteiger partial charge is 0.338 e. The average molecular weight is 645 g/mol. The number of benzene rings is 3. The molecule has 8 nitrogen and oxygen atoms in total. The van der Waals surface area contributed by atoms with Crippen LogP contribution in [0.15, 0.2) is 78.9 Å². The molecule has 1 saturated carbocycles. The summed E-state index contributed by atoms with van der Waals surface area (Å²) in [7, 11) is 0. The van der Waals surface area contributed by atoms with E-state index in [0.717, 1.165) is 22.6 Å². The zero-order chi connectivity index (χ0) is 33.6. The lowest BCUT2D eigenvalue weighted by Gasteiger charge is -2.29. The highest BCUT2D eigenvalue weighted by molar-refractivity contribution is 5.87. The van der Waals surface area contributed by atoms with Gasteiger partial charge in [-0.25, -0.2) is 4.79 Å². The SMILES string of the molecule is C=C(CO)C(=O)OCOc1ccc(-c2ccc(-c3ccc(C4CCC(CCCCC)CC4)cc3)cc2)cc1OCOC(=O)C(C)CO. The highest BCUT2D eigenvalue weighted by Gasteiger charge is 2.22. The molecule has 0 amide bonds. The predicted octanol–water partition coefficient (Wildman–Crippen LogP) is 7.81. The topological polar surface area (TPSA) is 112 Å². The van der Waals surface area contributed by atoms with Crippen LogP contribution in [0.1, 0.15) is 76.7 Å². The van der Waals surface area contributed by atoms with Crippen LogP contribution < -0.4 is 9.47 Å². The van der Waals surface area contributed by atoms with Crippen LogP contribution >= 0.6 is 0 Å². The van der Waals surface area contributed by atoms with Crippen molar-refractivity contribution in [2.45, 2.75) is 71.1 Å². The lowest BCUT2D eigenvalue weighted by molar-refractivity contribution is -0.156. The number of hydrogen-bond acceptors (Lipinski definition) is 8. The average Bonchev–Trinajstić information content (AvgIpc) is 3.11. The molecule has 2 N–H and O–H groups in total. The first kappa shape index (κ1) is 35.7. The largest absolute Gasteiger partial charge is 0.453 e. The molecular weight excluding hydrogens is 596 g/mol.